The third kappa shape index (κ3) is 2.78. The number of likely N-dealkylation sites (tertiary alicyclic amines) is 1. The summed E-state index contributed by atoms with van der Waals surface area (Å²) in [5.74, 6) is 1.11. The molecule has 0 amide bonds. The Labute approximate surface area is 115 Å². The van der Waals surface area contributed by atoms with Crippen LogP contribution < -0.4 is 0 Å². The fourth-order valence-corrected chi connectivity index (χ4v) is 2.38. The monoisotopic (exact) mass is 279 g/mol. The molecule has 100 valence electrons. The van der Waals surface area contributed by atoms with Gasteiger partial charge in [0.25, 0.3) is 5.89 Å². The Morgan fingerprint density at radius 3 is 2.68 bits per heavy atom. The van der Waals surface area contributed by atoms with E-state index in [9.17, 15) is 5.11 Å². The van der Waals surface area contributed by atoms with Gasteiger partial charge in [-0.15, -0.1) is 0 Å². The van der Waals surface area contributed by atoms with E-state index in [0.717, 1.165) is 5.56 Å². The van der Waals surface area contributed by atoms with Gasteiger partial charge in [-0.1, -0.05) is 16.8 Å². The average Bonchev–Trinajstić information content (AvgIpc) is 2.76. The molecule has 3 rings (SSSR count). The number of benzene rings is 1. The van der Waals surface area contributed by atoms with Crippen LogP contribution in [0.5, 0.6) is 0 Å². The first kappa shape index (κ1) is 12.6. The number of hydrogen-bond donors (Lipinski definition) is 1. The van der Waals surface area contributed by atoms with Crippen LogP contribution in [0.4, 0.5) is 0 Å². The Morgan fingerprint density at radius 2 is 2.05 bits per heavy atom. The molecule has 0 radical (unpaired) electrons. The zero-order chi connectivity index (χ0) is 13.5. The van der Waals surface area contributed by atoms with Crippen LogP contribution in [-0.2, 0) is 6.54 Å². The van der Waals surface area contributed by atoms with Crippen molar-refractivity contribution < 1.29 is 9.63 Å². The number of halogens is 1. The first-order valence-electron chi connectivity index (χ1n) is 6.05. The highest BCUT2D eigenvalue weighted by Crippen LogP contribution is 2.23. The third-order valence-corrected chi connectivity index (χ3v) is 3.30. The van der Waals surface area contributed by atoms with Crippen LogP contribution in [-0.4, -0.2) is 38.8 Å². The number of hydrogen-bond acceptors (Lipinski definition) is 5. The quantitative estimate of drug-likeness (QED) is 0.930. The van der Waals surface area contributed by atoms with Gasteiger partial charge in [0.15, 0.2) is 5.82 Å². The third-order valence-electron chi connectivity index (χ3n) is 3.05. The molecule has 0 aliphatic carbocycles. The van der Waals surface area contributed by atoms with E-state index in [-0.39, 0.29) is 0 Å². The largest absolute Gasteiger partial charge is 0.388 e. The molecule has 6 heteroatoms. The standard InChI is InChI=1S/C13H14ClN3O2/c1-13(18)7-17(8-13)6-11-15-12(19-16-11)9-2-4-10(14)5-3-9/h2-5,18H,6-8H2,1H3. The molecule has 2 heterocycles. The number of nitrogens with zero attached hydrogens (tertiary/aromatic N) is 3. The molecule has 1 aliphatic rings. The van der Waals surface area contributed by atoms with Gasteiger partial charge in [0.05, 0.1) is 12.1 Å². The van der Waals surface area contributed by atoms with Crippen molar-refractivity contribution in [2.75, 3.05) is 13.1 Å². The van der Waals surface area contributed by atoms with Crippen molar-refractivity contribution in [3.8, 4) is 11.5 Å². The normalized spacial score (nSPS) is 18.3. The highest BCUT2D eigenvalue weighted by molar-refractivity contribution is 6.30. The molecule has 0 bridgehead atoms. The van der Waals surface area contributed by atoms with E-state index in [2.05, 4.69) is 15.0 Å². The lowest BCUT2D eigenvalue weighted by Crippen LogP contribution is -2.59. The van der Waals surface area contributed by atoms with Gasteiger partial charge in [-0.25, -0.2) is 0 Å². The van der Waals surface area contributed by atoms with Gasteiger partial charge >= 0.3 is 0 Å². The molecule has 19 heavy (non-hydrogen) atoms. The van der Waals surface area contributed by atoms with E-state index >= 15 is 0 Å². The average molecular weight is 280 g/mol. The van der Waals surface area contributed by atoms with Gasteiger partial charge in [0.1, 0.15) is 0 Å². The Hall–Kier alpha value is -1.43. The summed E-state index contributed by atoms with van der Waals surface area (Å²) in [4.78, 5) is 6.40. The summed E-state index contributed by atoms with van der Waals surface area (Å²) < 4.78 is 5.22. The minimum atomic E-state index is -0.581. The van der Waals surface area contributed by atoms with Gasteiger partial charge in [-0.2, -0.15) is 4.98 Å². The Kier molecular flexibility index (Phi) is 3.05. The molecule has 1 saturated heterocycles. The first-order valence-corrected chi connectivity index (χ1v) is 6.43. The summed E-state index contributed by atoms with van der Waals surface area (Å²) in [6.07, 6.45) is 0. The van der Waals surface area contributed by atoms with E-state index in [4.69, 9.17) is 16.1 Å². The minimum absolute atomic E-state index is 0.485. The van der Waals surface area contributed by atoms with E-state index in [1.165, 1.54) is 0 Å². The summed E-state index contributed by atoms with van der Waals surface area (Å²) in [5, 5.41) is 14.3. The highest BCUT2D eigenvalue weighted by Gasteiger charge is 2.36. The molecule has 1 aromatic heterocycles. The van der Waals surface area contributed by atoms with Crippen LogP contribution in [0.2, 0.25) is 5.02 Å². The van der Waals surface area contributed by atoms with Crippen molar-refractivity contribution in [2.24, 2.45) is 0 Å². The van der Waals surface area contributed by atoms with Crippen molar-refractivity contribution in [1.29, 1.82) is 0 Å². The topological polar surface area (TPSA) is 62.4 Å². The molecular weight excluding hydrogens is 266 g/mol. The number of aromatic nitrogens is 2. The molecule has 1 fully saturated rings. The lowest BCUT2D eigenvalue weighted by molar-refractivity contribution is -0.0882. The van der Waals surface area contributed by atoms with Crippen LogP contribution in [0.1, 0.15) is 12.7 Å². The second-order valence-electron chi connectivity index (χ2n) is 5.16. The maximum Gasteiger partial charge on any atom is 0.257 e. The van der Waals surface area contributed by atoms with Gasteiger partial charge < -0.3 is 9.63 Å². The molecular formula is C13H14ClN3O2. The first-order chi connectivity index (χ1) is 9.02. The van der Waals surface area contributed by atoms with Crippen LogP contribution in [0, 0.1) is 0 Å². The van der Waals surface area contributed by atoms with Crippen molar-refractivity contribution in [3.05, 3.63) is 35.1 Å². The van der Waals surface area contributed by atoms with Crippen molar-refractivity contribution in [1.82, 2.24) is 15.0 Å². The van der Waals surface area contributed by atoms with Gasteiger partial charge in [-0.05, 0) is 31.2 Å². The molecule has 5 nitrogen and oxygen atoms in total. The van der Waals surface area contributed by atoms with E-state index in [1.54, 1.807) is 12.1 Å². The molecule has 0 spiro atoms. The second kappa shape index (κ2) is 4.59. The number of β-amino-alcohol motifs (C(OH)–C–C–N with tert-alkyl or cyclic N) is 1. The lowest BCUT2D eigenvalue weighted by atomic mass is 9.97. The molecule has 1 N–H and O–H groups in total. The predicted octanol–water partition coefficient (Wildman–Crippen LogP) is 1.96. The summed E-state index contributed by atoms with van der Waals surface area (Å²) in [7, 11) is 0. The van der Waals surface area contributed by atoms with Crippen molar-refractivity contribution >= 4 is 11.6 Å². The van der Waals surface area contributed by atoms with E-state index < -0.39 is 5.60 Å². The Balaban J connectivity index is 1.68. The van der Waals surface area contributed by atoms with Gasteiger partial charge in [0.2, 0.25) is 0 Å². The van der Waals surface area contributed by atoms with Crippen molar-refractivity contribution in [3.63, 3.8) is 0 Å². The number of aliphatic hydroxyl groups is 1. The van der Waals surface area contributed by atoms with Crippen LogP contribution in [0.3, 0.4) is 0 Å². The highest BCUT2D eigenvalue weighted by atomic mass is 35.5. The van der Waals surface area contributed by atoms with Gasteiger partial charge in [0, 0.05) is 23.7 Å². The zero-order valence-electron chi connectivity index (χ0n) is 10.5. The molecule has 0 saturated carbocycles. The van der Waals surface area contributed by atoms with Crippen LogP contribution in [0.15, 0.2) is 28.8 Å². The lowest BCUT2D eigenvalue weighted by Gasteiger charge is -2.43. The summed E-state index contributed by atoms with van der Waals surface area (Å²) in [6, 6.07) is 7.25. The fourth-order valence-electron chi connectivity index (χ4n) is 2.26. The second-order valence-corrected chi connectivity index (χ2v) is 5.60. The van der Waals surface area contributed by atoms with Crippen molar-refractivity contribution in [2.45, 2.75) is 19.1 Å². The summed E-state index contributed by atoms with van der Waals surface area (Å²) in [5.41, 5.74) is 0.265. The summed E-state index contributed by atoms with van der Waals surface area (Å²) in [6.45, 7) is 3.68. The molecule has 2 aromatic rings. The number of rotatable bonds is 3. The maximum absolute atomic E-state index is 9.65. The minimum Gasteiger partial charge on any atom is -0.388 e. The van der Waals surface area contributed by atoms with Crippen LogP contribution >= 0.6 is 11.6 Å². The smallest absolute Gasteiger partial charge is 0.257 e. The molecule has 0 atom stereocenters. The predicted molar refractivity (Wildman–Crippen MR) is 70.6 cm³/mol. The van der Waals surface area contributed by atoms with Gasteiger partial charge in [-0.3, -0.25) is 4.90 Å². The maximum atomic E-state index is 9.65. The molecule has 1 aromatic carbocycles. The Morgan fingerprint density at radius 1 is 1.37 bits per heavy atom. The molecule has 0 unspecified atom stereocenters. The molecule has 1 aliphatic heterocycles. The summed E-state index contributed by atoms with van der Waals surface area (Å²) >= 11 is 5.83. The van der Waals surface area contributed by atoms with E-state index in [1.807, 2.05) is 19.1 Å². The zero-order valence-corrected chi connectivity index (χ0v) is 11.3. The van der Waals surface area contributed by atoms with E-state index in [0.29, 0.717) is 36.4 Å². The Bertz CT molecular complexity index is 572. The van der Waals surface area contributed by atoms with Crippen LogP contribution in [0.25, 0.3) is 11.5 Å². The fraction of sp³-hybridized carbons (Fsp3) is 0.385. The SMILES string of the molecule is CC1(O)CN(Cc2noc(-c3ccc(Cl)cc3)n2)C1.